The molecule has 0 atom stereocenters. The maximum atomic E-state index is 13.5. The van der Waals surface area contributed by atoms with Crippen LogP contribution in [0.25, 0.3) is 0 Å². The number of methoxy groups -OCH3 is 3. The highest BCUT2D eigenvalue weighted by Gasteiger charge is 2.29. The lowest BCUT2D eigenvalue weighted by Gasteiger charge is -2.34. The molecule has 8 heteroatoms. The lowest BCUT2D eigenvalue weighted by molar-refractivity contribution is 0.0594. The van der Waals surface area contributed by atoms with Gasteiger partial charge in [0.2, 0.25) is 0 Å². The Labute approximate surface area is 174 Å². The minimum absolute atomic E-state index is 0.105. The van der Waals surface area contributed by atoms with E-state index in [2.05, 4.69) is 4.98 Å². The van der Waals surface area contributed by atoms with Gasteiger partial charge in [-0.2, -0.15) is 0 Å². The van der Waals surface area contributed by atoms with Crippen molar-refractivity contribution in [1.29, 1.82) is 0 Å². The van der Waals surface area contributed by atoms with Crippen LogP contribution in [0.3, 0.4) is 0 Å². The molecule has 0 N–H and O–H groups in total. The van der Waals surface area contributed by atoms with Gasteiger partial charge in [-0.25, -0.2) is 9.78 Å². The Morgan fingerprint density at radius 1 is 1.14 bits per heavy atom. The lowest BCUT2D eigenvalue weighted by atomic mass is 9.93. The van der Waals surface area contributed by atoms with Crippen LogP contribution in [-0.2, 0) is 11.3 Å². The fourth-order valence-corrected chi connectivity index (χ4v) is 4.38. The molecule has 1 fully saturated rings. The molecule has 1 aliphatic carbocycles. The van der Waals surface area contributed by atoms with Gasteiger partial charge in [0.05, 0.1) is 33.4 Å². The lowest BCUT2D eigenvalue weighted by Crippen LogP contribution is -2.41. The van der Waals surface area contributed by atoms with Crippen LogP contribution < -0.4 is 9.47 Å². The van der Waals surface area contributed by atoms with Crippen molar-refractivity contribution in [3.8, 4) is 11.5 Å². The van der Waals surface area contributed by atoms with Crippen LogP contribution in [-0.4, -0.2) is 49.1 Å². The standard InChI is InChI=1S/C21H26N2O5S/c1-26-15-9-10-16(18(11-15)27-2)20(24)23(14-7-5-4-6-8-14)12-19-22-17(13-29-19)21(25)28-3/h9-11,13-14H,4-8,12H2,1-3H3. The number of carbonyl (C=O) groups excluding carboxylic acids is 2. The molecule has 1 aromatic carbocycles. The molecular formula is C21H26N2O5S. The summed E-state index contributed by atoms with van der Waals surface area (Å²) in [4.78, 5) is 31.5. The molecule has 29 heavy (non-hydrogen) atoms. The van der Waals surface area contributed by atoms with Gasteiger partial charge in [-0.05, 0) is 25.0 Å². The number of thiazole rings is 1. The third-order valence-electron chi connectivity index (χ3n) is 5.17. The Kier molecular flexibility index (Phi) is 7.09. The smallest absolute Gasteiger partial charge is 0.357 e. The molecule has 156 valence electrons. The van der Waals surface area contributed by atoms with E-state index < -0.39 is 5.97 Å². The Balaban J connectivity index is 1.90. The van der Waals surface area contributed by atoms with E-state index >= 15 is 0 Å². The summed E-state index contributed by atoms with van der Waals surface area (Å²) in [6.45, 7) is 0.348. The van der Waals surface area contributed by atoms with Gasteiger partial charge < -0.3 is 19.1 Å². The van der Waals surface area contributed by atoms with Gasteiger partial charge in [0, 0.05) is 17.5 Å². The van der Waals surface area contributed by atoms with Crippen molar-refractivity contribution < 1.29 is 23.8 Å². The van der Waals surface area contributed by atoms with Crippen LogP contribution in [0.5, 0.6) is 11.5 Å². The number of benzene rings is 1. The van der Waals surface area contributed by atoms with Crippen LogP contribution in [0.2, 0.25) is 0 Å². The summed E-state index contributed by atoms with van der Waals surface area (Å²) in [5, 5.41) is 2.37. The largest absolute Gasteiger partial charge is 0.497 e. The zero-order chi connectivity index (χ0) is 20.8. The molecular weight excluding hydrogens is 392 g/mol. The molecule has 0 aliphatic heterocycles. The molecule has 1 aromatic heterocycles. The zero-order valence-corrected chi connectivity index (χ0v) is 17.8. The van der Waals surface area contributed by atoms with Gasteiger partial charge >= 0.3 is 5.97 Å². The zero-order valence-electron chi connectivity index (χ0n) is 17.0. The fourth-order valence-electron chi connectivity index (χ4n) is 3.62. The first-order chi connectivity index (χ1) is 14.1. The Hall–Kier alpha value is -2.61. The van der Waals surface area contributed by atoms with Gasteiger partial charge in [-0.15, -0.1) is 11.3 Å². The summed E-state index contributed by atoms with van der Waals surface area (Å²) in [6, 6.07) is 5.34. The summed E-state index contributed by atoms with van der Waals surface area (Å²) in [7, 11) is 4.45. The van der Waals surface area contributed by atoms with Crippen molar-refractivity contribution in [2.45, 2.75) is 44.7 Å². The minimum atomic E-state index is -0.472. The van der Waals surface area contributed by atoms with E-state index in [0.717, 1.165) is 25.7 Å². The van der Waals surface area contributed by atoms with E-state index in [1.54, 1.807) is 37.8 Å². The highest BCUT2D eigenvalue weighted by Crippen LogP contribution is 2.30. The van der Waals surface area contributed by atoms with E-state index in [1.165, 1.54) is 24.9 Å². The quantitative estimate of drug-likeness (QED) is 0.634. The number of esters is 1. The molecule has 0 spiro atoms. The first-order valence-corrected chi connectivity index (χ1v) is 10.5. The van der Waals surface area contributed by atoms with Crippen molar-refractivity contribution in [3.05, 3.63) is 39.8 Å². The predicted octanol–water partition coefficient (Wildman–Crippen LogP) is 3.92. The normalized spacial score (nSPS) is 14.3. The summed E-state index contributed by atoms with van der Waals surface area (Å²) in [6.07, 6.45) is 5.30. The van der Waals surface area contributed by atoms with E-state index in [9.17, 15) is 9.59 Å². The monoisotopic (exact) mass is 418 g/mol. The van der Waals surface area contributed by atoms with Gasteiger partial charge in [0.25, 0.3) is 5.91 Å². The molecule has 0 radical (unpaired) electrons. The van der Waals surface area contributed by atoms with Crippen LogP contribution in [0.4, 0.5) is 0 Å². The highest BCUT2D eigenvalue weighted by molar-refractivity contribution is 7.09. The summed E-state index contributed by atoms with van der Waals surface area (Å²) in [5.41, 5.74) is 0.759. The number of carbonyl (C=O) groups is 2. The number of hydrogen-bond acceptors (Lipinski definition) is 7. The van der Waals surface area contributed by atoms with Crippen molar-refractivity contribution in [2.75, 3.05) is 21.3 Å². The number of hydrogen-bond donors (Lipinski definition) is 0. The first-order valence-electron chi connectivity index (χ1n) is 9.63. The molecule has 1 heterocycles. The van der Waals surface area contributed by atoms with Crippen LogP contribution in [0, 0.1) is 0 Å². The fraction of sp³-hybridized carbons (Fsp3) is 0.476. The Bertz CT molecular complexity index is 861. The molecule has 1 saturated carbocycles. The van der Waals surface area contributed by atoms with Gasteiger partial charge in [0.15, 0.2) is 5.69 Å². The molecule has 0 unspecified atom stereocenters. The minimum Gasteiger partial charge on any atom is -0.497 e. The van der Waals surface area contributed by atoms with Crippen molar-refractivity contribution in [1.82, 2.24) is 9.88 Å². The van der Waals surface area contributed by atoms with Gasteiger partial charge in [-0.1, -0.05) is 19.3 Å². The van der Waals surface area contributed by atoms with Crippen LogP contribution in [0.1, 0.15) is 58.0 Å². The molecule has 2 aromatic rings. The van der Waals surface area contributed by atoms with Crippen LogP contribution in [0.15, 0.2) is 23.6 Å². The van der Waals surface area contributed by atoms with E-state index in [1.807, 2.05) is 4.90 Å². The van der Waals surface area contributed by atoms with E-state index in [0.29, 0.717) is 28.6 Å². The molecule has 0 saturated heterocycles. The third-order valence-corrected chi connectivity index (χ3v) is 6.00. The SMILES string of the molecule is COC(=O)c1csc(CN(C(=O)c2ccc(OC)cc2OC)C2CCCCC2)n1. The topological polar surface area (TPSA) is 78.0 Å². The number of aromatic nitrogens is 1. The number of ether oxygens (including phenoxy) is 3. The molecule has 7 nitrogen and oxygen atoms in total. The first kappa shape index (κ1) is 21.1. The average molecular weight is 419 g/mol. The molecule has 1 amide bonds. The molecule has 0 bridgehead atoms. The number of amides is 1. The second kappa shape index (κ2) is 9.73. The van der Waals surface area contributed by atoms with Crippen molar-refractivity contribution >= 4 is 23.2 Å². The van der Waals surface area contributed by atoms with Crippen molar-refractivity contribution in [2.24, 2.45) is 0 Å². The predicted molar refractivity (Wildman–Crippen MR) is 110 cm³/mol. The van der Waals surface area contributed by atoms with Gasteiger partial charge in [-0.3, -0.25) is 4.79 Å². The highest BCUT2D eigenvalue weighted by atomic mass is 32.1. The summed E-state index contributed by atoms with van der Waals surface area (Å²) < 4.78 is 15.4. The second-order valence-corrected chi connectivity index (χ2v) is 7.85. The van der Waals surface area contributed by atoms with E-state index in [4.69, 9.17) is 14.2 Å². The molecule has 3 rings (SSSR count). The number of rotatable bonds is 7. The second-order valence-electron chi connectivity index (χ2n) is 6.91. The average Bonchev–Trinajstić information content (AvgIpc) is 3.25. The van der Waals surface area contributed by atoms with E-state index in [-0.39, 0.29) is 17.6 Å². The van der Waals surface area contributed by atoms with Crippen LogP contribution >= 0.6 is 11.3 Å². The number of nitrogens with zero attached hydrogens (tertiary/aromatic N) is 2. The third kappa shape index (κ3) is 4.87. The van der Waals surface area contributed by atoms with Gasteiger partial charge in [0.1, 0.15) is 16.5 Å². The summed E-state index contributed by atoms with van der Waals surface area (Å²) >= 11 is 1.36. The maximum Gasteiger partial charge on any atom is 0.357 e. The Morgan fingerprint density at radius 2 is 1.90 bits per heavy atom. The summed E-state index contributed by atoms with van der Waals surface area (Å²) in [5.74, 6) is 0.529. The molecule has 1 aliphatic rings. The van der Waals surface area contributed by atoms with Crippen molar-refractivity contribution in [3.63, 3.8) is 0 Å². The Morgan fingerprint density at radius 3 is 2.55 bits per heavy atom. The maximum absolute atomic E-state index is 13.5.